The van der Waals surface area contributed by atoms with Crippen LogP contribution >= 0.6 is 0 Å². The number of nitrogens with zero attached hydrogens (tertiary/aromatic N) is 8. The summed E-state index contributed by atoms with van der Waals surface area (Å²) in [7, 11) is 0. The van der Waals surface area contributed by atoms with Crippen LogP contribution in [0.5, 0.6) is 0 Å². The van der Waals surface area contributed by atoms with Crippen LogP contribution in [-0.4, -0.2) is 69.1 Å². The zero-order valence-corrected chi connectivity index (χ0v) is 41.1. The van der Waals surface area contributed by atoms with Gasteiger partial charge in [-0.25, -0.2) is 19.0 Å². The molecule has 0 spiro atoms. The number of para-hydroxylation sites is 2. The third-order valence-corrected chi connectivity index (χ3v) is 12.2. The number of anilines is 2. The third-order valence-electron chi connectivity index (χ3n) is 12.2. The maximum Gasteiger partial charge on any atom is 0.264 e. The molecule has 18 nitrogen and oxygen atoms in total. The summed E-state index contributed by atoms with van der Waals surface area (Å²) in [5, 5.41) is 16.5. The normalized spacial score (nSPS) is 12.1. The molecule has 10 rings (SSSR count). The molecular weight excluding hydrogens is 949 g/mol. The van der Waals surface area contributed by atoms with Gasteiger partial charge in [0.05, 0.1) is 22.9 Å². The number of nitrogen functional groups attached to an aromatic ring is 2. The van der Waals surface area contributed by atoms with Crippen LogP contribution in [0.3, 0.4) is 0 Å². The highest BCUT2D eigenvalue weighted by Crippen LogP contribution is 2.27. The fraction of sp³-hybridized carbons (Fsp3) is 0.140. The van der Waals surface area contributed by atoms with E-state index in [-0.39, 0.29) is 40.0 Å². The lowest BCUT2D eigenvalue weighted by Gasteiger charge is -2.21. The van der Waals surface area contributed by atoms with Gasteiger partial charge >= 0.3 is 0 Å². The average Bonchev–Trinajstić information content (AvgIpc) is 3.96. The van der Waals surface area contributed by atoms with Crippen molar-refractivity contribution in [1.29, 1.82) is 0 Å². The van der Waals surface area contributed by atoms with Crippen LogP contribution in [0.25, 0.3) is 44.2 Å². The molecule has 2 amide bonds. The summed E-state index contributed by atoms with van der Waals surface area (Å²) >= 11 is 0. The van der Waals surface area contributed by atoms with E-state index in [1.165, 1.54) is 13.6 Å². The summed E-state index contributed by atoms with van der Waals surface area (Å²) in [5.74, 6) is 10.5. The van der Waals surface area contributed by atoms with Gasteiger partial charge in [-0.2, -0.15) is 0 Å². The Morgan fingerprint density at radius 2 is 1.09 bits per heavy atom. The maximum atomic E-state index is 14.1. The van der Waals surface area contributed by atoms with E-state index in [0.29, 0.717) is 74.2 Å². The molecular formula is C57H48N12O6. The first-order chi connectivity index (χ1) is 36.4. The van der Waals surface area contributed by atoms with Crippen molar-refractivity contribution >= 4 is 62.6 Å². The number of hydrogen-bond acceptors (Lipinski definition) is 12. The second-order valence-electron chi connectivity index (χ2n) is 17.1. The number of pyridine rings is 2. The Bertz CT molecular complexity index is 4090. The molecule has 10 aromatic rings. The van der Waals surface area contributed by atoms with Crippen molar-refractivity contribution < 1.29 is 19.1 Å². The fourth-order valence-electron chi connectivity index (χ4n) is 8.80. The van der Waals surface area contributed by atoms with Gasteiger partial charge < -0.3 is 26.8 Å². The molecule has 1 unspecified atom stereocenters. The Hall–Kier alpha value is -10.2. The highest BCUT2D eigenvalue weighted by molar-refractivity contribution is 6.05. The van der Waals surface area contributed by atoms with Gasteiger partial charge in [-0.1, -0.05) is 78.4 Å². The van der Waals surface area contributed by atoms with Crippen molar-refractivity contribution in [2.45, 2.75) is 45.9 Å². The van der Waals surface area contributed by atoms with Gasteiger partial charge in [-0.3, -0.25) is 33.1 Å². The van der Waals surface area contributed by atoms with Gasteiger partial charge in [0.2, 0.25) is 0 Å². The van der Waals surface area contributed by atoms with Gasteiger partial charge in [-0.15, -0.1) is 10.2 Å². The van der Waals surface area contributed by atoms with E-state index < -0.39 is 23.9 Å². The second kappa shape index (κ2) is 21.7. The number of carbonyl (C=O) groups excluding carboxylic acids is 3. The molecule has 6 N–H and O–H groups in total. The van der Waals surface area contributed by atoms with Crippen LogP contribution in [0, 0.1) is 23.7 Å². The Morgan fingerprint density at radius 1 is 0.640 bits per heavy atom. The number of carbonyl (C=O) groups is 3. The Morgan fingerprint density at radius 3 is 1.53 bits per heavy atom. The number of nitrogens with one attached hydrogen (secondary N) is 2. The number of nitrogens with two attached hydrogens (primary N) is 2. The van der Waals surface area contributed by atoms with Crippen LogP contribution in [-0.2, 0) is 9.53 Å². The predicted octanol–water partition coefficient (Wildman–Crippen LogP) is 6.54. The van der Waals surface area contributed by atoms with Gasteiger partial charge in [0.1, 0.15) is 17.2 Å². The Balaban J connectivity index is 0.000000184. The lowest BCUT2D eigenvalue weighted by atomic mass is 10.0. The van der Waals surface area contributed by atoms with Crippen LogP contribution in [0.1, 0.15) is 83.0 Å². The monoisotopic (exact) mass is 996 g/mol. The van der Waals surface area contributed by atoms with Gasteiger partial charge in [0.15, 0.2) is 29.2 Å². The smallest absolute Gasteiger partial charge is 0.264 e. The summed E-state index contributed by atoms with van der Waals surface area (Å²) in [6.07, 6.45) is 6.67. The fourth-order valence-corrected chi connectivity index (χ4v) is 8.80. The van der Waals surface area contributed by atoms with Gasteiger partial charge in [-0.05, 0) is 105 Å². The molecule has 0 saturated heterocycles. The summed E-state index contributed by atoms with van der Waals surface area (Å²) in [4.78, 5) is 73.9. The first kappa shape index (κ1) is 49.8. The standard InChI is InChI=1S/C30H28N6O3.C27H20N6O3/c1-4-39-19(2)14-15-21-10-8-11-22-18-24(36(30(38)25(21)22)23-12-6-5-7-13-23)20(3)33-29(37)26-27(31)34-35-17-9-16-32-28(26)35;1-17(30-26(35)23-24(28)31-32-14-7-13-29-25(23)32)21-16-19-9-5-8-18(10-6-15-34)22(19)27(36)33(21)20-11-3-2-4-12-20/h5-13,16-20H,4H2,1-3H3,(H2,31,34)(H,33,37);2-5,7-9,11-17H,1H3,(H2,28,31)(H,30,35)/t19?,20-;17-/m00/s1. The molecule has 0 saturated carbocycles. The third kappa shape index (κ3) is 10.0. The molecule has 0 aliphatic rings. The number of hydrogen-bond donors (Lipinski definition) is 4. The SMILES string of the molecule is CCOC(C)C#Cc1cccc2cc([C@H](C)NC(=O)c3c(N)nn4cccnc34)n(-c3ccccc3)c(=O)c12.C[C@H](NC(=O)c1c(N)nn2cccnc12)c1cc2cccc(C#CC=O)c2c(=O)n1-c1ccccc1. The number of amides is 2. The minimum absolute atomic E-state index is 0.0516. The minimum Gasteiger partial charge on any atom is -0.381 e. The summed E-state index contributed by atoms with van der Waals surface area (Å²) < 4.78 is 11.6. The van der Waals surface area contributed by atoms with Crippen LogP contribution in [0.2, 0.25) is 0 Å². The van der Waals surface area contributed by atoms with Crippen molar-refractivity contribution in [3.63, 3.8) is 0 Å². The van der Waals surface area contributed by atoms with E-state index in [4.69, 9.17) is 16.2 Å². The maximum absolute atomic E-state index is 14.1. The van der Waals surface area contributed by atoms with Crippen LogP contribution in [0.4, 0.5) is 11.6 Å². The summed E-state index contributed by atoms with van der Waals surface area (Å²) in [6, 6.07) is 35.2. The number of fused-ring (bicyclic) bond motifs is 4. The van der Waals surface area contributed by atoms with E-state index in [2.05, 4.69) is 54.5 Å². The highest BCUT2D eigenvalue weighted by atomic mass is 16.5. The van der Waals surface area contributed by atoms with Crippen LogP contribution in [0.15, 0.2) is 156 Å². The molecule has 6 heterocycles. The van der Waals surface area contributed by atoms with Crippen molar-refractivity contribution in [2.24, 2.45) is 0 Å². The Labute approximate surface area is 428 Å². The molecule has 0 radical (unpaired) electrons. The zero-order chi connectivity index (χ0) is 52.8. The molecule has 0 bridgehead atoms. The average molecular weight is 997 g/mol. The lowest BCUT2D eigenvalue weighted by Crippen LogP contribution is -2.32. The largest absolute Gasteiger partial charge is 0.381 e. The van der Waals surface area contributed by atoms with E-state index in [1.54, 1.807) is 78.7 Å². The van der Waals surface area contributed by atoms with E-state index in [1.807, 2.05) is 99.6 Å². The first-order valence-electron chi connectivity index (χ1n) is 23.7. The lowest BCUT2D eigenvalue weighted by molar-refractivity contribution is -0.103. The van der Waals surface area contributed by atoms with Crippen molar-refractivity contribution in [1.82, 2.24) is 49.0 Å². The molecule has 372 valence electrons. The zero-order valence-electron chi connectivity index (χ0n) is 41.1. The molecule has 0 aliphatic heterocycles. The van der Waals surface area contributed by atoms with E-state index in [0.717, 1.165) is 5.39 Å². The van der Waals surface area contributed by atoms with E-state index >= 15 is 0 Å². The van der Waals surface area contributed by atoms with Crippen molar-refractivity contribution in [3.8, 4) is 35.1 Å². The molecule has 6 aromatic heterocycles. The molecule has 75 heavy (non-hydrogen) atoms. The molecule has 4 aromatic carbocycles. The number of aldehydes is 1. The van der Waals surface area contributed by atoms with Gasteiger partial charge in [0.25, 0.3) is 22.9 Å². The quantitative estimate of drug-likeness (QED) is 0.0844. The first-order valence-corrected chi connectivity index (χ1v) is 23.7. The molecule has 0 aliphatic carbocycles. The van der Waals surface area contributed by atoms with Crippen molar-refractivity contribution in [3.05, 3.63) is 200 Å². The molecule has 18 heteroatoms. The second-order valence-corrected chi connectivity index (χ2v) is 17.1. The topological polar surface area (TPSA) is 241 Å². The summed E-state index contributed by atoms with van der Waals surface area (Å²) in [5.41, 5.74) is 16.0. The van der Waals surface area contributed by atoms with Gasteiger partial charge in [0, 0.05) is 65.3 Å². The van der Waals surface area contributed by atoms with Crippen LogP contribution < -0.4 is 33.2 Å². The number of rotatable bonds is 10. The van der Waals surface area contributed by atoms with E-state index in [9.17, 15) is 24.0 Å². The molecule has 0 fully saturated rings. The number of ether oxygens (including phenoxy) is 1. The van der Waals surface area contributed by atoms with Crippen molar-refractivity contribution in [2.75, 3.05) is 18.1 Å². The molecule has 3 atom stereocenters. The highest BCUT2D eigenvalue weighted by Gasteiger charge is 2.26. The Kier molecular flexibility index (Phi) is 14.4. The predicted molar refractivity (Wildman–Crippen MR) is 287 cm³/mol. The number of benzene rings is 4. The summed E-state index contributed by atoms with van der Waals surface area (Å²) in [6.45, 7) is 7.94. The minimum atomic E-state index is -0.599. The number of aromatic nitrogens is 8.